The van der Waals surface area contributed by atoms with Gasteiger partial charge in [0, 0.05) is 22.4 Å². The number of carbonyl (C=O) groups is 1. The van der Waals surface area contributed by atoms with Crippen LogP contribution in [0.1, 0.15) is 33.2 Å². The van der Waals surface area contributed by atoms with Crippen molar-refractivity contribution in [3.8, 4) is 21.8 Å². The molecule has 4 aromatic rings. The molecule has 0 saturated carbocycles. The van der Waals surface area contributed by atoms with Gasteiger partial charge in [0.05, 0.1) is 16.6 Å². The lowest BCUT2D eigenvalue weighted by molar-refractivity contribution is 0.192. The van der Waals surface area contributed by atoms with Crippen molar-refractivity contribution < 1.29 is 9.90 Å². The first-order valence-electron chi connectivity index (χ1n) is 9.42. The van der Waals surface area contributed by atoms with Gasteiger partial charge in [0.2, 0.25) is 0 Å². The van der Waals surface area contributed by atoms with Gasteiger partial charge in [-0.3, -0.25) is 5.10 Å². The van der Waals surface area contributed by atoms with E-state index in [1.165, 1.54) is 16.7 Å². The number of H-pyrrole nitrogens is 1. The van der Waals surface area contributed by atoms with Crippen LogP contribution in [0.25, 0.3) is 21.8 Å². The lowest BCUT2D eigenvalue weighted by atomic mass is 10.0. The smallest absolute Gasteiger partial charge is 0.405 e. The van der Waals surface area contributed by atoms with E-state index >= 15 is 0 Å². The van der Waals surface area contributed by atoms with Gasteiger partial charge in [-0.1, -0.05) is 54.1 Å². The van der Waals surface area contributed by atoms with Crippen molar-refractivity contribution in [1.82, 2.24) is 15.5 Å². The van der Waals surface area contributed by atoms with Gasteiger partial charge >= 0.3 is 6.09 Å². The lowest BCUT2D eigenvalue weighted by Crippen LogP contribution is -2.26. The van der Waals surface area contributed by atoms with Gasteiger partial charge in [-0.15, -0.1) is 11.3 Å². The number of hydrogen-bond acceptors (Lipinski definition) is 3. The Bertz CT molecular complexity index is 1220. The Balaban J connectivity index is 1.52. The van der Waals surface area contributed by atoms with Crippen molar-refractivity contribution in [2.75, 3.05) is 0 Å². The highest BCUT2D eigenvalue weighted by Gasteiger charge is 2.26. The highest BCUT2D eigenvalue weighted by atomic mass is 32.1. The van der Waals surface area contributed by atoms with E-state index in [0.29, 0.717) is 0 Å². The van der Waals surface area contributed by atoms with Crippen LogP contribution >= 0.6 is 11.3 Å². The molecule has 5 nitrogen and oxygen atoms in total. The summed E-state index contributed by atoms with van der Waals surface area (Å²) in [6, 6.07) is 19.9. The summed E-state index contributed by atoms with van der Waals surface area (Å²) < 4.78 is 0. The highest BCUT2D eigenvalue weighted by Crippen LogP contribution is 2.42. The van der Waals surface area contributed by atoms with Crippen molar-refractivity contribution in [2.24, 2.45) is 0 Å². The number of thiophene rings is 1. The molecule has 144 valence electrons. The molecule has 1 unspecified atom stereocenters. The second kappa shape index (κ2) is 6.90. The number of benzene rings is 2. The van der Waals surface area contributed by atoms with Crippen molar-refractivity contribution in [3.63, 3.8) is 0 Å². The molecule has 2 heterocycles. The number of fused-ring (bicyclic) bond motifs is 3. The van der Waals surface area contributed by atoms with E-state index in [0.717, 1.165) is 38.7 Å². The highest BCUT2D eigenvalue weighted by molar-refractivity contribution is 7.15. The van der Waals surface area contributed by atoms with Crippen LogP contribution in [0.3, 0.4) is 0 Å². The average molecular weight is 401 g/mol. The number of aromatic nitrogens is 2. The molecule has 1 amide bonds. The standard InChI is InChI=1S/C23H19N3O2S/c1-13-5-4-7-15(11-13)20(24-23(27)28)18-9-10-19(29-18)22-17-12-14-6-2-3-8-16(14)21(17)25-26-22/h2-11,20,24H,12H2,1H3,(H,25,26)(H,27,28). The normalized spacial score (nSPS) is 13.0. The number of aryl methyl sites for hydroxylation is 1. The second-order valence-corrected chi connectivity index (χ2v) is 8.37. The van der Waals surface area contributed by atoms with E-state index in [1.807, 2.05) is 49.4 Å². The van der Waals surface area contributed by atoms with E-state index in [2.05, 4.69) is 33.7 Å². The number of rotatable bonds is 4. The van der Waals surface area contributed by atoms with Gasteiger partial charge in [-0.05, 0) is 30.2 Å². The molecular formula is C23H19N3O2S. The number of amides is 1. The molecule has 5 rings (SSSR count). The fraction of sp³-hybridized carbons (Fsp3) is 0.130. The van der Waals surface area contributed by atoms with Gasteiger partial charge in [0.1, 0.15) is 5.69 Å². The maximum Gasteiger partial charge on any atom is 0.405 e. The summed E-state index contributed by atoms with van der Waals surface area (Å²) in [7, 11) is 0. The van der Waals surface area contributed by atoms with Crippen LogP contribution in [0.4, 0.5) is 4.79 Å². The molecule has 1 atom stereocenters. The largest absolute Gasteiger partial charge is 0.465 e. The summed E-state index contributed by atoms with van der Waals surface area (Å²) in [4.78, 5) is 13.4. The average Bonchev–Trinajstić information content (AvgIpc) is 3.41. The molecule has 0 radical (unpaired) electrons. The SMILES string of the molecule is Cc1cccc(C(NC(=O)O)c2ccc(-c3n[nH]c4c3Cc3ccccc3-4)s2)c1. The van der Waals surface area contributed by atoms with Crippen molar-refractivity contribution in [3.05, 3.63) is 87.8 Å². The van der Waals surface area contributed by atoms with Crippen LogP contribution in [0, 0.1) is 6.92 Å². The molecule has 0 saturated heterocycles. The molecule has 0 bridgehead atoms. The van der Waals surface area contributed by atoms with Crippen LogP contribution in [-0.2, 0) is 6.42 Å². The number of nitrogens with zero attached hydrogens (tertiary/aromatic N) is 1. The third kappa shape index (κ3) is 3.11. The fourth-order valence-corrected chi connectivity index (χ4v) is 5.10. The predicted octanol–water partition coefficient (Wildman–Crippen LogP) is 5.37. The number of hydrogen-bond donors (Lipinski definition) is 3. The van der Waals surface area contributed by atoms with E-state index in [-0.39, 0.29) is 0 Å². The third-order valence-corrected chi connectivity index (χ3v) is 6.47. The minimum absolute atomic E-state index is 0.407. The second-order valence-electron chi connectivity index (χ2n) is 7.26. The Hall–Kier alpha value is -3.38. The lowest BCUT2D eigenvalue weighted by Gasteiger charge is -2.16. The van der Waals surface area contributed by atoms with E-state index in [9.17, 15) is 9.90 Å². The molecular weight excluding hydrogens is 382 g/mol. The van der Waals surface area contributed by atoms with E-state index < -0.39 is 12.1 Å². The summed E-state index contributed by atoms with van der Waals surface area (Å²) in [6.07, 6.45) is -0.179. The zero-order chi connectivity index (χ0) is 20.0. The topological polar surface area (TPSA) is 78.0 Å². The van der Waals surface area contributed by atoms with Crippen LogP contribution in [0.2, 0.25) is 0 Å². The molecule has 29 heavy (non-hydrogen) atoms. The minimum atomic E-state index is -1.04. The third-order valence-electron chi connectivity index (χ3n) is 5.31. The summed E-state index contributed by atoms with van der Waals surface area (Å²) >= 11 is 1.58. The van der Waals surface area contributed by atoms with Crippen molar-refractivity contribution in [1.29, 1.82) is 0 Å². The first kappa shape index (κ1) is 17.7. The maximum atomic E-state index is 11.4. The Labute approximate surface area is 172 Å². The Morgan fingerprint density at radius 2 is 2.03 bits per heavy atom. The zero-order valence-electron chi connectivity index (χ0n) is 15.8. The first-order chi connectivity index (χ1) is 14.1. The molecule has 3 N–H and O–H groups in total. The monoisotopic (exact) mass is 401 g/mol. The molecule has 1 aliphatic rings. The van der Waals surface area contributed by atoms with Crippen LogP contribution in [0.5, 0.6) is 0 Å². The van der Waals surface area contributed by atoms with E-state index in [1.54, 1.807) is 11.3 Å². The molecule has 2 aromatic carbocycles. The predicted molar refractivity (Wildman–Crippen MR) is 114 cm³/mol. The first-order valence-corrected chi connectivity index (χ1v) is 10.2. The summed E-state index contributed by atoms with van der Waals surface area (Å²) in [6.45, 7) is 2.01. The Morgan fingerprint density at radius 1 is 1.17 bits per heavy atom. The molecule has 2 aromatic heterocycles. The van der Waals surface area contributed by atoms with Crippen molar-refractivity contribution >= 4 is 17.4 Å². The summed E-state index contributed by atoms with van der Waals surface area (Å²) in [5.74, 6) is 0. The quantitative estimate of drug-likeness (QED) is 0.379. The zero-order valence-corrected chi connectivity index (χ0v) is 16.6. The van der Waals surface area contributed by atoms with Gasteiger partial charge in [0.25, 0.3) is 0 Å². The van der Waals surface area contributed by atoms with Gasteiger partial charge in [-0.2, -0.15) is 5.10 Å². The molecule has 1 aliphatic carbocycles. The van der Waals surface area contributed by atoms with Crippen LogP contribution in [-0.4, -0.2) is 21.4 Å². The van der Waals surface area contributed by atoms with Gasteiger partial charge < -0.3 is 10.4 Å². The molecule has 6 heteroatoms. The number of nitrogens with one attached hydrogen (secondary N) is 2. The Kier molecular flexibility index (Phi) is 4.21. The fourth-order valence-electron chi connectivity index (χ4n) is 4.00. The Morgan fingerprint density at radius 3 is 2.86 bits per heavy atom. The molecule has 0 aliphatic heterocycles. The van der Waals surface area contributed by atoms with Crippen LogP contribution < -0.4 is 5.32 Å². The number of aromatic amines is 1. The molecule has 0 fully saturated rings. The van der Waals surface area contributed by atoms with Crippen molar-refractivity contribution in [2.45, 2.75) is 19.4 Å². The maximum absolute atomic E-state index is 11.4. The molecule has 0 spiro atoms. The van der Waals surface area contributed by atoms with Gasteiger partial charge in [-0.25, -0.2) is 4.79 Å². The van der Waals surface area contributed by atoms with Crippen LogP contribution in [0.15, 0.2) is 60.7 Å². The van der Waals surface area contributed by atoms with Gasteiger partial charge in [0.15, 0.2) is 0 Å². The summed E-state index contributed by atoms with van der Waals surface area (Å²) in [5.41, 5.74) is 7.79. The summed E-state index contributed by atoms with van der Waals surface area (Å²) in [5, 5.41) is 19.8. The van der Waals surface area contributed by atoms with E-state index in [4.69, 9.17) is 0 Å². The number of carboxylic acid groups (broad SMARTS) is 1. The minimum Gasteiger partial charge on any atom is -0.465 e.